The Morgan fingerprint density at radius 1 is 1.03 bits per heavy atom. The first-order valence-electron chi connectivity index (χ1n) is 11.1. The van der Waals surface area contributed by atoms with Gasteiger partial charge in [0.2, 0.25) is 5.91 Å². The van der Waals surface area contributed by atoms with E-state index in [-0.39, 0.29) is 5.91 Å². The molecule has 0 unspecified atom stereocenters. The van der Waals surface area contributed by atoms with E-state index in [1.54, 1.807) is 11.3 Å². The molecule has 1 amide bonds. The second-order valence-electron chi connectivity index (χ2n) is 8.25. The van der Waals surface area contributed by atoms with Gasteiger partial charge in [0.15, 0.2) is 0 Å². The lowest BCUT2D eigenvalue weighted by Crippen LogP contribution is -2.29. The second kappa shape index (κ2) is 10.1. The van der Waals surface area contributed by atoms with Gasteiger partial charge in [-0.2, -0.15) is 0 Å². The highest BCUT2D eigenvalue weighted by Crippen LogP contribution is 2.23. The van der Waals surface area contributed by atoms with Gasteiger partial charge in [0.25, 0.3) is 0 Å². The van der Waals surface area contributed by atoms with Crippen molar-refractivity contribution in [2.24, 2.45) is 0 Å². The summed E-state index contributed by atoms with van der Waals surface area (Å²) < 4.78 is 1.25. The monoisotopic (exact) mass is 421 g/mol. The summed E-state index contributed by atoms with van der Waals surface area (Å²) >= 11 is 1.77. The van der Waals surface area contributed by atoms with Crippen molar-refractivity contribution in [3.8, 4) is 0 Å². The summed E-state index contributed by atoms with van der Waals surface area (Å²) in [6.07, 6.45) is 7.40. The fourth-order valence-electron chi connectivity index (χ4n) is 4.10. The molecule has 0 saturated carbocycles. The molecule has 30 heavy (non-hydrogen) atoms. The zero-order chi connectivity index (χ0) is 20.8. The number of thiazole rings is 1. The van der Waals surface area contributed by atoms with E-state index in [0.717, 1.165) is 37.9 Å². The van der Waals surface area contributed by atoms with Crippen molar-refractivity contribution >= 4 is 33.1 Å². The van der Waals surface area contributed by atoms with Crippen LogP contribution in [-0.2, 0) is 17.8 Å². The van der Waals surface area contributed by atoms with Crippen molar-refractivity contribution in [1.29, 1.82) is 0 Å². The van der Waals surface area contributed by atoms with Gasteiger partial charge in [0, 0.05) is 38.8 Å². The SMILES string of the molecule is CN(Cc1ccc(N2CCCCC2)cc1)C(=O)CCCCc1nc2ccccc2s1. The van der Waals surface area contributed by atoms with E-state index < -0.39 is 0 Å². The third-order valence-corrected chi connectivity index (χ3v) is 6.97. The molecule has 2 heterocycles. The molecule has 0 bridgehead atoms. The van der Waals surface area contributed by atoms with Gasteiger partial charge >= 0.3 is 0 Å². The lowest BCUT2D eigenvalue weighted by Gasteiger charge is -2.29. The van der Waals surface area contributed by atoms with Crippen molar-refractivity contribution in [2.75, 3.05) is 25.0 Å². The number of hydrogen-bond acceptors (Lipinski definition) is 4. The van der Waals surface area contributed by atoms with E-state index in [9.17, 15) is 4.79 Å². The van der Waals surface area contributed by atoms with E-state index >= 15 is 0 Å². The quantitative estimate of drug-likeness (QED) is 0.441. The minimum Gasteiger partial charge on any atom is -0.372 e. The number of amides is 1. The van der Waals surface area contributed by atoms with Crippen LogP contribution in [0.1, 0.15) is 49.1 Å². The van der Waals surface area contributed by atoms with Crippen LogP contribution in [0.15, 0.2) is 48.5 Å². The summed E-state index contributed by atoms with van der Waals surface area (Å²) in [6, 6.07) is 17.0. The van der Waals surface area contributed by atoms with Crippen LogP contribution < -0.4 is 4.90 Å². The Morgan fingerprint density at radius 2 is 1.80 bits per heavy atom. The van der Waals surface area contributed by atoms with Crippen molar-refractivity contribution in [3.05, 3.63) is 59.1 Å². The summed E-state index contributed by atoms with van der Waals surface area (Å²) in [5.41, 5.74) is 3.59. The molecule has 158 valence electrons. The maximum atomic E-state index is 12.5. The van der Waals surface area contributed by atoms with E-state index in [4.69, 9.17) is 0 Å². The number of aryl methyl sites for hydroxylation is 1. The molecule has 2 aromatic carbocycles. The average molecular weight is 422 g/mol. The molecule has 0 radical (unpaired) electrons. The highest BCUT2D eigenvalue weighted by Gasteiger charge is 2.12. The maximum absolute atomic E-state index is 12.5. The second-order valence-corrected chi connectivity index (χ2v) is 9.36. The number of nitrogens with zero attached hydrogens (tertiary/aromatic N) is 3. The Hall–Kier alpha value is -2.40. The van der Waals surface area contributed by atoms with Crippen LogP contribution in [-0.4, -0.2) is 35.9 Å². The molecule has 4 nitrogen and oxygen atoms in total. The molecule has 1 aromatic heterocycles. The van der Waals surface area contributed by atoms with E-state index in [1.165, 1.54) is 40.2 Å². The molecule has 3 aromatic rings. The van der Waals surface area contributed by atoms with Crippen LogP contribution in [0.25, 0.3) is 10.2 Å². The van der Waals surface area contributed by atoms with Crippen molar-refractivity contribution in [1.82, 2.24) is 9.88 Å². The fourth-order valence-corrected chi connectivity index (χ4v) is 5.11. The molecule has 1 aliphatic rings. The van der Waals surface area contributed by atoms with Gasteiger partial charge in [-0.3, -0.25) is 4.79 Å². The first-order valence-corrected chi connectivity index (χ1v) is 11.9. The normalized spacial score (nSPS) is 14.2. The Labute approximate surface area is 183 Å². The van der Waals surface area contributed by atoms with Gasteiger partial charge in [-0.25, -0.2) is 4.98 Å². The van der Waals surface area contributed by atoms with Gasteiger partial charge in [0.1, 0.15) is 0 Å². The Morgan fingerprint density at radius 3 is 2.57 bits per heavy atom. The van der Waals surface area contributed by atoms with Crippen LogP contribution in [0.2, 0.25) is 0 Å². The average Bonchev–Trinajstić information content (AvgIpc) is 3.20. The number of anilines is 1. The number of piperidine rings is 1. The van der Waals surface area contributed by atoms with E-state index in [1.807, 2.05) is 18.0 Å². The minimum atomic E-state index is 0.222. The molecule has 1 fully saturated rings. The number of aromatic nitrogens is 1. The van der Waals surface area contributed by atoms with Crippen LogP contribution in [0.4, 0.5) is 5.69 Å². The number of carbonyl (C=O) groups is 1. The van der Waals surface area contributed by atoms with E-state index in [2.05, 4.69) is 52.3 Å². The largest absolute Gasteiger partial charge is 0.372 e. The van der Waals surface area contributed by atoms with Gasteiger partial charge < -0.3 is 9.80 Å². The highest BCUT2D eigenvalue weighted by atomic mass is 32.1. The number of benzene rings is 2. The van der Waals surface area contributed by atoms with Crippen molar-refractivity contribution in [3.63, 3.8) is 0 Å². The number of hydrogen-bond donors (Lipinski definition) is 0. The number of unbranched alkanes of at least 4 members (excludes halogenated alkanes) is 1. The summed E-state index contributed by atoms with van der Waals surface area (Å²) in [4.78, 5) is 21.5. The number of rotatable bonds is 8. The van der Waals surface area contributed by atoms with Crippen LogP contribution >= 0.6 is 11.3 Å². The fraction of sp³-hybridized carbons (Fsp3) is 0.440. The van der Waals surface area contributed by atoms with Gasteiger partial charge in [-0.15, -0.1) is 11.3 Å². The molecular formula is C25H31N3OS. The number of para-hydroxylation sites is 1. The van der Waals surface area contributed by atoms with Crippen LogP contribution in [0.3, 0.4) is 0 Å². The van der Waals surface area contributed by atoms with Crippen molar-refractivity contribution < 1.29 is 4.79 Å². The topological polar surface area (TPSA) is 36.4 Å². The molecular weight excluding hydrogens is 390 g/mol. The summed E-state index contributed by atoms with van der Waals surface area (Å²) in [7, 11) is 1.91. The molecule has 0 atom stereocenters. The van der Waals surface area contributed by atoms with Gasteiger partial charge in [0.05, 0.1) is 15.2 Å². The third kappa shape index (κ3) is 5.39. The minimum absolute atomic E-state index is 0.222. The zero-order valence-electron chi connectivity index (χ0n) is 17.8. The highest BCUT2D eigenvalue weighted by molar-refractivity contribution is 7.18. The summed E-state index contributed by atoms with van der Waals surface area (Å²) in [6.45, 7) is 3.00. The first kappa shape index (κ1) is 20.9. The summed E-state index contributed by atoms with van der Waals surface area (Å²) in [5, 5.41) is 1.17. The lowest BCUT2D eigenvalue weighted by molar-refractivity contribution is -0.130. The predicted octanol–water partition coefficient (Wildman–Crippen LogP) is 5.66. The number of fused-ring (bicyclic) bond motifs is 1. The van der Waals surface area contributed by atoms with Gasteiger partial charge in [-0.05, 0) is 68.4 Å². The van der Waals surface area contributed by atoms with E-state index in [0.29, 0.717) is 13.0 Å². The molecule has 0 spiro atoms. The number of carbonyl (C=O) groups excluding carboxylic acids is 1. The first-order chi connectivity index (χ1) is 14.7. The van der Waals surface area contributed by atoms with Crippen LogP contribution in [0, 0.1) is 0 Å². The molecule has 1 saturated heterocycles. The molecule has 4 rings (SSSR count). The molecule has 1 aliphatic heterocycles. The Bertz CT molecular complexity index is 927. The molecule has 0 N–H and O–H groups in total. The maximum Gasteiger partial charge on any atom is 0.222 e. The van der Waals surface area contributed by atoms with Gasteiger partial charge in [-0.1, -0.05) is 24.3 Å². The van der Waals surface area contributed by atoms with Crippen LogP contribution in [0.5, 0.6) is 0 Å². The lowest BCUT2D eigenvalue weighted by atomic mass is 10.1. The Balaban J connectivity index is 1.19. The zero-order valence-corrected chi connectivity index (χ0v) is 18.7. The standard InChI is InChI=1S/C25H31N3OS/c1-27(19-20-13-15-21(16-14-20)28-17-7-2-8-18-28)25(29)12-6-5-11-24-26-22-9-3-4-10-23(22)30-24/h3-4,9-10,13-16H,2,5-8,11-12,17-19H2,1H3. The van der Waals surface area contributed by atoms with Crippen molar-refractivity contribution in [2.45, 2.75) is 51.5 Å². The Kier molecular flexibility index (Phi) is 7.00. The molecule has 0 aliphatic carbocycles. The summed E-state index contributed by atoms with van der Waals surface area (Å²) in [5.74, 6) is 0.222. The predicted molar refractivity (Wildman–Crippen MR) is 126 cm³/mol. The smallest absolute Gasteiger partial charge is 0.222 e. The third-order valence-electron chi connectivity index (χ3n) is 5.87. The molecule has 5 heteroatoms.